The van der Waals surface area contributed by atoms with Gasteiger partial charge in [-0.05, 0) is 42.9 Å². The highest BCUT2D eigenvalue weighted by Crippen LogP contribution is 2.46. The normalized spacial score (nSPS) is 14.1. The van der Waals surface area contributed by atoms with Gasteiger partial charge in [0.05, 0.1) is 41.5 Å². The number of piperazine rings is 1. The van der Waals surface area contributed by atoms with E-state index in [9.17, 15) is 4.79 Å². The van der Waals surface area contributed by atoms with Gasteiger partial charge in [-0.1, -0.05) is 29.3 Å². The molecule has 1 aromatic heterocycles. The Labute approximate surface area is 225 Å². The molecule has 1 fully saturated rings. The molecule has 0 unspecified atom stereocenters. The number of aromatic nitrogens is 2. The van der Waals surface area contributed by atoms with Gasteiger partial charge in [-0.2, -0.15) is 5.10 Å². The molecule has 0 aliphatic carbocycles. The van der Waals surface area contributed by atoms with Gasteiger partial charge < -0.3 is 24.6 Å². The Balaban J connectivity index is 1.52. The number of aromatic amines is 1. The second kappa shape index (κ2) is 10.5. The smallest absolute Gasteiger partial charge is 0.256 e. The number of carbonyl (C=O) groups excluding carboxylic acids is 1. The molecular formula is C27H27Cl2N5O3. The van der Waals surface area contributed by atoms with Crippen LogP contribution in [-0.4, -0.2) is 68.5 Å². The standard InChI is InChI=1S/C27H27Cl2N5O3/c1-33-7-9-34(10-8-33)18-6-4-5-17(13-18)31-27(35)19-11-16(12-21-20(19)15-30-32-21)24-25(28)22(36-2)14-23(37-3)26(24)29/h4-6,11-15H,7-10H2,1-3H3,(H,30,32)(H,31,35). The number of hydrogen-bond donors (Lipinski definition) is 2. The lowest BCUT2D eigenvalue weighted by Crippen LogP contribution is -2.44. The molecule has 2 heterocycles. The lowest BCUT2D eigenvalue weighted by molar-refractivity contribution is 0.102. The van der Waals surface area contributed by atoms with E-state index < -0.39 is 0 Å². The van der Waals surface area contributed by atoms with E-state index in [1.807, 2.05) is 24.3 Å². The zero-order chi connectivity index (χ0) is 26.1. The first-order valence-corrected chi connectivity index (χ1v) is 12.6. The first-order chi connectivity index (χ1) is 17.9. The first kappa shape index (κ1) is 25.2. The number of ether oxygens (including phenoxy) is 2. The average Bonchev–Trinajstić information content (AvgIpc) is 3.38. The molecule has 3 aromatic carbocycles. The number of benzene rings is 3. The number of hydrogen-bond acceptors (Lipinski definition) is 6. The van der Waals surface area contributed by atoms with Crippen LogP contribution in [-0.2, 0) is 0 Å². The van der Waals surface area contributed by atoms with Gasteiger partial charge in [0, 0.05) is 54.6 Å². The molecule has 0 spiro atoms. The van der Waals surface area contributed by atoms with Gasteiger partial charge >= 0.3 is 0 Å². The quantitative estimate of drug-likeness (QED) is 0.334. The van der Waals surface area contributed by atoms with Crippen molar-refractivity contribution in [3.8, 4) is 22.6 Å². The summed E-state index contributed by atoms with van der Waals surface area (Å²) in [4.78, 5) is 18.2. The van der Waals surface area contributed by atoms with Gasteiger partial charge in [0.1, 0.15) is 11.5 Å². The molecule has 1 aliphatic heterocycles. The van der Waals surface area contributed by atoms with E-state index in [1.54, 1.807) is 18.3 Å². The maximum atomic E-state index is 13.6. The molecule has 10 heteroatoms. The SMILES string of the molecule is COc1cc(OC)c(Cl)c(-c2cc(C(=O)Nc3cccc(N4CCN(C)CC4)c3)c3cn[nH]c3c2)c1Cl. The molecule has 2 N–H and O–H groups in total. The van der Waals surface area contributed by atoms with Crippen molar-refractivity contribution in [2.45, 2.75) is 0 Å². The van der Waals surface area contributed by atoms with E-state index in [4.69, 9.17) is 32.7 Å². The van der Waals surface area contributed by atoms with Crippen LogP contribution in [0.15, 0.2) is 48.7 Å². The highest BCUT2D eigenvalue weighted by Gasteiger charge is 2.22. The molecule has 1 saturated heterocycles. The van der Waals surface area contributed by atoms with Gasteiger partial charge in [0.2, 0.25) is 0 Å². The van der Waals surface area contributed by atoms with Crippen molar-refractivity contribution >= 4 is 51.4 Å². The number of anilines is 2. The molecule has 0 radical (unpaired) electrons. The van der Waals surface area contributed by atoms with E-state index in [-0.39, 0.29) is 5.91 Å². The molecule has 1 aliphatic rings. The van der Waals surface area contributed by atoms with E-state index in [0.29, 0.717) is 54.8 Å². The van der Waals surface area contributed by atoms with Crippen molar-refractivity contribution in [3.63, 3.8) is 0 Å². The number of amides is 1. The maximum Gasteiger partial charge on any atom is 0.256 e. The van der Waals surface area contributed by atoms with E-state index >= 15 is 0 Å². The molecule has 192 valence electrons. The van der Waals surface area contributed by atoms with Crippen LogP contribution in [0.5, 0.6) is 11.5 Å². The highest BCUT2D eigenvalue weighted by molar-refractivity contribution is 6.41. The maximum absolute atomic E-state index is 13.6. The Bertz CT molecular complexity index is 1440. The minimum Gasteiger partial charge on any atom is -0.495 e. The van der Waals surface area contributed by atoms with Crippen LogP contribution < -0.4 is 19.7 Å². The van der Waals surface area contributed by atoms with Crippen LogP contribution in [0.1, 0.15) is 10.4 Å². The lowest BCUT2D eigenvalue weighted by atomic mass is 9.99. The molecule has 37 heavy (non-hydrogen) atoms. The van der Waals surface area contributed by atoms with Crippen molar-refractivity contribution in [2.24, 2.45) is 0 Å². The molecule has 4 aromatic rings. The zero-order valence-corrected chi connectivity index (χ0v) is 22.3. The molecular weight excluding hydrogens is 513 g/mol. The summed E-state index contributed by atoms with van der Waals surface area (Å²) in [6.07, 6.45) is 1.63. The minimum atomic E-state index is -0.272. The number of nitrogens with one attached hydrogen (secondary N) is 2. The number of carbonyl (C=O) groups is 1. The summed E-state index contributed by atoms with van der Waals surface area (Å²) in [5, 5.41) is 11.5. The third-order valence-corrected chi connectivity index (χ3v) is 7.39. The molecule has 0 saturated carbocycles. The van der Waals surface area contributed by atoms with Gasteiger partial charge in [0.15, 0.2) is 0 Å². The monoisotopic (exact) mass is 539 g/mol. The van der Waals surface area contributed by atoms with Gasteiger partial charge in [-0.15, -0.1) is 0 Å². The van der Waals surface area contributed by atoms with Crippen molar-refractivity contribution in [1.82, 2.24) is 15.1 Å². The van der Waals surface area contributed by atoms with Crippen molar-refractivity contribution in [3.05, 3.63) is 64.3 Å². The molecule has 0 atom stereocenters. The second-order valence-corrected chi connectivity index (χ2v) is 9.69. The van der Waals surface area contributed by atoms with E-state index in [1.165, 1.54) is 14.2 Å². The number of H-pyrrole nitrogens is 1. The molecule has 0 bridgehead atoms. The summed E-state index contributed by atoms with van der Waals surface area (Å²) in [6.45, 7) is 3.89. The minimum absolute atomic E-state index is 0.272. The summed E-state index contributed by atoms with van der Waals surface area (Å²) in [5.74, 6) is 0.551. The number of nitrogens with zero attached hydrogens (tertiary/aromatic N) is 3. The van der Waals surface area contributed by atoms with Crippen molar-refractivity contribution < 1.29 is 14.3 Å². The summed E-state index contributed by atoms with van der Waals surface area (Å²) < 4.78 is 10.8. The molecule has 5 rings (SSSR count). The van der Waals surface area contributed by atoms with Crippen molar-refractivity contribution in [1.29, 1.82) is 0 Å². The number of fused-ring (bicyclic) bond motifs is 1. The summed E-state index contributed by atoms with van der Waals surface area (Å²) in [7, 11) is 5.16. The fourth-order valence-corrected chi connectivity index (χ4v) is 5.28. The summed E-state index contributed by atoms with van der Waals surface area (Å²) >= 11 is 13.3. The topological polar surface area (TPSA) is 82.7 Å². The van der Waals surface area contributed by atoms with Crippen LogP contribution in [0.4, 0.5) is 11.4 Å². The zero-order valence-electron chi connectivity index (χ0n) is 20.8. The Morgan fingerprint density at radius 2 is 1.70 bits per heavy atom. The lowest BCUT2D eigenvalue weighted by Gasteiger charge is -2.34. The largest absolute Gasteiger partial charge is 0.495 e. The van der Waals surface area contributed by atoms with Crippen LogP contribution in [0, 0.1) is 0 Å². The average molecular weight is 540 g/mol. The van der Waals surface area contributed by atoms with Gasteiger partial charge in [-0.3, -0.25) is 9.89 Å². The predicted molar refractivity (Wildman–Crippen MR) is 149 cm³/mol. The Morgan fingerprint density at radius 3 is 2.38 bits per heavy atom. The van der Waals surface area contributed by atoms with Crippen LogP contribution >= 0.6 is 23.2 Å². The number of halogens is 2. The second-order valence-electron chi connectivity index (χ2n) is 8.93. The molecule has 8 nitrogen and oxygen atoms in total. The third kappa shape index (κ3) is 4.92. The van der Waals surface area contributed by atoms with E-state index in [2.05, 4.69) is 38.4 Å². The van der Waals surface area contributed by atoms with Crippen LogP contribution in [0.2, 0.25) is 10.0 Å². The number of rotatable bonds is 6. The van der Waals surface area contributed by atoms with Crippen LogP contribution in [0.25, 0.3) is 22.0 Å². The summed E-state index contributed by atoms with van der Waals surface area (Å²) in [6, 6.07) is 13.1. The Kier molecular flexibility index (Phi) is 7.15. The molecule has 1 amide bonds. The number of likely N-dealkylation sites (N-methyl/N-ethyl adjacent to an activating group) is 1. The fourth-order valence-electron chi connectivity index (χ4n) is 4.57. The summed E-state index contributed by atoms with van der Waals surface area (Å²) in [5.41, 5.74) is 4.02. The van der Waals surface area contributed by atoms with Gasteiger partial charge in [-0.25, -0.2) is 0 Å². The Morgan fingerprint density at radius 1 is 1.00 bits per heavy atom. The third-order valence-electron chi connectivity index (χ3n) is 6.64. The van der Waals surface area contributed by atoms with E-state index in [0.717, 1.165) is 31.9 Å². The number of methoxy groups -OCH3 is 2. The predicted octanol–water partition coefficient (Wildman–Crippen LogP) is 5.56. The first-order valence-electron chi connectivity index (χ1n) is 11.8. The van der Waals surface area contributed by atoms with Crippen LogP contribution in [0.3, 0.4) is 0 Å². The fraction of sp³-hybridized carbons (Fsp3) is 0.259. The van der Waals surface area contributed by atoms with Gasteiger partial charge in [0.25, 0.3) is 5.91 Å². The Hall–Kier alpha value is -3.46. The highest BCUT2D eigenvalue weighted by atomic mass is 35.5. The van der Waals surface area contributed by atoms with Crippen molar-refractivity contribution in [2.75, 3.05) is 57.7 Å².